The average Bonchev–Trinajstić information content (AvgIpc) is 3.58. The van der Waals surface area contributed by atoms with E-state index in [0.717, 1.165) is 43.7 Å². The molecule has 9 heteroatoms. The zero-order valence-corrected chi connectivity index (χ0v) is 17.4. The molecule has 1 aliphatic carbocycles. The minimum atomic E-state index is -0.0849. The van der Waals surface area contributed by atoms with Crippen molar-refractivity contribution in [2.45, 2.75) is 31.8 Å². The van der Waals surface area contributed by atoms with Crippen LogP contribution in [0.15, 0.2) is 47.5 Å². The highest BCUT2D eigenvalue weighted by Gasteiger charge is 2.30. The Labute approximate surface area is 182 Å². The number of halogens is 1. The third-order valence-corrected chi connectivity index (χ3v) is 6.03. The molecular formula is C22H20ClN7O. The van der Waals surface area contributed by atoms with E-state index in [1.807, 2.05) is 16.8 Å². The summed E-state index contributed by atoms with van der Waals surface area (Å²) in [5.74, 6) is 0.447. The maximum Gasteiger partial charge on any atom is 0.278 e. The first kappa shape index (κ1) is 18.5. The smallest absolute Gasteiger partial charge is 0.278 e. The van der Waals surface area contributed by atoms with Gasteiger partial charge in [0.15, 0.2) is 5.65 Å². The van der Waals surface area contributed by atoms with E-state index >= 15 is 0 Å². The minimum Gasteiger partial charge on any atom is -0.324 e. The van der Waals surface area contributed by atoms with Crippen molar-refractivity contribution in [2.24, 2.45) is 0 Å². The summed E-state index contributed by atoms with van der Waals surface area (Å²) in [5.41, 5.74) is 4.80. The molecule has 0 amide bonds. The number of pyridine rings is 1. The molecule has 4 heterocycles. The third kappa shape index (κ3) is 3.28. The standard InChI is InChI=1S/C22H20ClN7O/c23-19-10-17(6-8-25-19)29-20-18(21(31)30(29)16-3-4-16)12-26-22(28-20)27-15-2-1-14-11-24-7-5-13(14)9-15/h1-2,6,8-10,12,16,24H,3-5,7,11H2,(H,26,27,28). The molecule has 6 rings (SSSR count). The fourth-order valence-electron chi connectivity index (χ4n) is 4.16. The normalized spacial score (nSPS) is 15.8. The van der Waals surface area contributed by atoms with E-state index in [0.29, 0.717) is 22.1 Å². The molecular weight excluding hydrogens is 414 g/mol. The minimum absolute atomic E-state index is 0.0849. The number of hydrogen-bond donors (Lipinski definition) is 2. The monoisotopic (exact) mass is 433 g/mol. The Balaban J connectivity index is 1.46. The van der Waals surface area contributed by atoms with Crippen LogP contribution in [-0.2, 0) is 13.0 Å². The zero-order chi connectivity index (χ0) is 20.9. The van der Waals surface area contributed by atoms with Crippen molar-refractivity contribution in [3.8, 4) is 5.69 Å². The number of nitrogens with zero attached hydrogens (tertiary/aromatic N) is 5. The molecule has 0 spiro atoms. The van der Waals surface area contributed by atoms with E-state index in [2.05, 4.69) is 32.7 Å². The topological polar surface area (TPSA) is 89.7 Å². The molecule has 8 nitrogen and oxygen atoms in total. The van der Waals surface area contributed by atoms with E-state index in [-0.39, 0.29) is 11.6 Å². The van der Waals surface area contributed by atoms with Crippen LogP contribution in [0.1, 0.15) is 30.0 Å². The summed E-state index contributed by atoms with van der Waals surface area (Å²) in [6.07, 6.45) is 6.17. The molecule has 1 aliphatic heterocycles. The molecule has 0 atom stereocenters. The van der Waals surface area contributed by atoms with Crippen LogP contribution in [0.25, 0.3) is 16.7 Å². The van der Waals surface area contributed by atoms with Gasteiger partial charge in [0.25, 0.3) is 5.56 Å². The Kier molecular flexibility index (Phi) is 4.29. The summed E-state index contributed by atoms with van der Waals surface area (Å²) in [4.78, 5) is 26.3. The lowest BCUT2D eigenvalue weighted by Gasteiger charge is -2.18. The number of rotatable bonds is 4. The Bertz CT molecular complexity index is 1370. The first-order valence-electron chi connectivity index (χ1n) is 10.4. The maximum atomic E-state index is 13.1. The number of anilines is 2. The summed E-state index contributed by atoms with van der Waals surface area (Å²) >= 11 is 6.14. The second-order valence-corrected chi connectivity index (χ2v) is 8.38. The highest BCUT2D eigenvalue weighted by atomic mass is 35.5. The van der Waals surface area contributed by atoms with Gasteiger partial charge in [-0.05, 0) is 55.1 Å². The molecule has 1 saturated carbocycles. The van der Waals surface area contributed by atoms with Crippen molar-refractivity contribution >= 4 is 34.3 Å². The van der Waals surface area contributed by atoms with Crippen LogP contribution in [0.2, 0.25) is 5.15 Å². The zero-order valence-electron chi connectivity index (χ0n) is 16.7. The van der Waals surface area contributed by atoms with Crippen LogP contribution in [0.4, 0.5) is 11.6 Å². The molecule has 2 N–H and O–H groups in total. The van der Waals surface area contributed by atoms with Gasteiger partial charge in [0.2, 0.25) is 5.95 Å². The summed E-state index contributed by atoms with van der Waals surface area (Å²) < 4.78 is 3.61. The van der Waals surface area contributed by atoms with Gasteiger partial charge in [-0.1, -0.05) is 17.7 Å². The summed E-state index contributed by atoms with van der Waals surface area (Å²) in [6.45, 7) is 1.88. The molecule has 0 radical (unpaired) electrons. The lowest BCUT2D eigenvalue weighted by atomic mass is 10.0. The van der Waals surface area contributed by atoms with Crippen LogP contribution in [0, 0.1) is 0 Å². The van der Waals surface area contributed by atoms with E-state index < -0.39 is 0 Å². The SMILES string of the molecule is O=c1c2cnc(Nc3ccc4c(c3)CCNC4)nc2n(-c2ccnc(Cl)c2)n1C1CC1. The van der Waals surface area contributed by atoms with Crippen LogP contribution in [0.3, 0.4) is 0 Å². The van der Waals surface area contributed by atoms with Crippen molar-refractivity contribution in [3.05, 3.63) is 69.4 Å². The molecule has 156 valence electrons. The van der Waals surface area contributed by atoms with E-state index in [4.69, 9.17) is 16.6 Å². The summed E-state index contributed by atoms with van der Waals surface area (Å²) in [6, 6.07) is 10.0. The second kappa shape index (κ2) is 7.18. The van der Waals surface area contributed by atoms with Gasteiger partial charge in [-0.2, -0.15) is 4.98 Å². The first-order chi connectivity index (χ1) is 15.2. The molecule has 1 aromatic carbocycles. The molecule has 1 fully saturated rings. The van der Waals surface area contributed by atoms with E-state index in [1.54, 1.807) is 23.1 Å². The Hall–Kier alpha value is -3.23. The highest BCUT2D eigenvalue weighted by molar-refractivity contribution is 6.29. The Morgan fingerprint density at radius 2 is 2.03 bits per heavy atom. The Morgan fingerprint density at radius 1 is 1.13 bits per heavy atom. The molecule has 0 bridgehead atoms. The van der Waals surface area contributed by atoms with Crippen LogP contribution < -0.4 is 16.2 Å². The number of nitrogens with one attached hydrogen (secondary N) is 2. The van der Waals surface area contributed by atoms with E-state index in [1.165, 1.54) is 11.1 Å². The Morgan fingerprint density at radius 3 is 2.87 bits per heavy atom. The number of fused-ring (bicyclic) bond motifs is 2. The van der Waals surface area contributed by atoms with Gasteiger partial charge in [-0.25, -0.2) is 19.3 Å². The van der Waals surface area contributed by atoms with E-state index in [9.17, 15) is 4.79 Å². The second-order valence-electron chi connectivity index (χ2n) is 8.00. The molecule has 0 unspecified atom stereocenters. The van der Waals surface area contributed by atoms with Crippen molar-refractivity contribution in [1.29, 1.82) is 0 Å². The van der Waals surface area contributed by atoms with Crippen LogP contribution >= 0.6 is 11.6 Å². The van der Waals surface area contributed by atoms with Crippen molar-refractivity contribution in [2.75, 3.05) is 11.9 Å². The lowest BCUT2D eigenvalue weighted by molar-refractivity contribution is 0.560. The number of aromatic nitrogens is 5. The molecule has 4 aromatic rings. The maximum absolute atomic E-state index is 13.1. The number of hydrogen-bond acceptors (Lipinski definition) is 6. The third-order valence-electron chi connectivity index (χ3n) is 5.82. The van der Waals surface area contributed by atoms with Gasteiger partial charge in [-0.15, -0.1) is 0 Å². The highest BCUT2D eigenvalue weighted by Crippen LogP contribution is 2.35. The van der Waals surface area contributed by atoms with Crippen LogP contribution in [-0.4, -0.2) is 30.9 Å². The average molecular weight is 434 g/mol. The van der Waals surface area contributed by atoms with Gasteiger partial charge in [0.05, 0.1) is 11.7 Å². The fraction of sp³-hybridized carbons (Fsp3) is 0.273. The van der Waals surface area contributed by atoms with Gasteiger partial charge in [-0.3, -0.25) is 4.79 Å². The number of benzene rings is 1. The molecule has 2 aliphatic rings. The van der Waals surface area contributed by atoms with Crippen molar-refractivity contribution in [1.82, 2.24) is 29.6 Å². The predicted octanol–water partition coefficient (Wildman–Crippen LogP) is 3.35. The first-order valence-corrected chi connectivity index (χ1v) is 10.8. The van der Waals surface area contributed by atoms with Gasteiger partial charge in [0.1, 0.15) is 10.5 Å². The summed E-state index contributed by atoms with van der Waals surface area (Å²) in [5, 5.41) is 7.54. The summed E-state index contributed by atoms with van der Waals surface area (Å²) in [7, 11) is 0. The molecule has 3 aromatic heterocycles. The van der Waals surface area contributed by atoms with Gasteiger partial charge >= 0.3 is 0 Å². The van der Waals surface area contributed by atoms with Gasteiger partial charge in [0, 0.05) is 30.7 Å². The molecule has 0 saturated heterocycles. The largest absolute Gasteiger partial charge is 0.324 e. The quantitative estimate of drug-likeness (QED) is 0.480. The van der Waals surface area contributed by atoms with Gasteiger partial charge < -0.3 is 10.6 Å². The molecule has 31 heavy (non-hydrogen) atoms. The van der Waals surface area contributed by atoms with Crippen molar-refractivity contribution < 1.29 is 0 Å². The van der Waals surface area contributed by atoms with Crippen molar-refractivity contribution in [3.63, 3.8) is 0 Å². The van der Waals surface area contributed by atoms with Crippen LogP contribution in [0.5, 0.6) is 0 Å². The predicted molar refractivity (Wildman–Crippen MR) is 119 cm³/mol. The lowest BCUT2D eigenvalue weighted by Crippen LogP contribution is -2.23. The fourth-order valence-corrected chi connectivity index (χ4v) is 4.33.